The molecule has 1 saturated carbocycles. The van der Waals surface area contributed by atoms with Crippen molar-refractivity contribution in [2.45, 2.75) is 30.3 Å². The van der Waals surface area contributed by atoms with Gasteiger partial charge in [0.2, 0.25) is 10.0 Å². The number of ether oxygens (including phenoxy) is 1. The number of nitrogens with zero attached hydrogens (tertiary/aromatic N) is 1. The van der Waals surface area contributed by atoms with E-state index >= 15 is 0 Å². The van der Waals surface area contributed by atoms with E-state index in [-0.39, 0.29) is 11.4 Å². The molecule has 1 aliphatic carbocycles. The van der Waals surface area contributed by atoms with Crippen molar-refractivity contribution in [1.82, 2.24) is 9.62 Å². The molecule has 0 bridgehead atoms. The van der Waals surface area contributed by atoms with Crippen molar-refractivity contribution >= 4 is 10.0 Å². The number of hydrogen-bond donors (Lipinski definition) is 1. The Morgan fingerprint density at radius 1 is 1.43 bits per heavy atom. The van der Waals surface area contributed by atoms with Crippen LogP contribution in [0.2, 0.25) is 0 Å². The highest BCUT2D eigenvalue weighted by Gasteiger charge is 2.26. The molecule has 0 aromatic heterocycles. The number of rotatable bonds is 8. The fourth-order valence-electron chi connectivity index (χ4n) is 1.96. The molecule has 0 spiro atoms. The lowest BCUT2D eigenvalue weighted by Gasteiger charge is -2.19. The van der Waals surface area contributed by atoms with E-state index in [1.54, 1.807) is 0 Å². The zero-order valence-electron chi connectivity index (χ0n) is 12.3. The number of benzene rings is 1. The number of halogens is 1. The zero-order valence-corrected chi connectivity index (χ0v) is 13.1. The molecule has 1 fully saturated rings. The van der Waals surface area contributed by atoms with Gasteiger partial charge < -0.3 is 10.1 Å². The molecule has 0 heterocycles. The number of methoxy groups -OCH3 is 1. The number of sulfonamides is 1. The van der Waals surface area contributed by atoms with Crippen LogP contribution in [0.15, 0.2) is 23.1 Å². The average Bonchev–Trinajstić information content (AvgIpc) is 3.27. The molecule has 1 aromatic carbocycles. The topological polar surface area (TPSA) is 58.6 Å². The van der Waals surface area contributed by atoms with Crippen molar-refractivity contribution in [3.05, 3.63) is 29.6 Å². The molecule has 1 aliphatic rings. The minimum atomic E-state index is -3.72. The van der Waals surface area contributed by atoms with E-state index in [1.807, 2.05) is 0 Å². The van der Waals surface area contributed by atoms with E-state index in [4.69, 9.17) is 4.74 Å². The average molecular weight is 316 g/mol. The Morgan fingerprint density at radius 3 is 2.76 bits per heavy atom. The van der Waals surface area contributed by atoms with Gasteiger partial charge in [0.1, 0.15) is 5.82 Å². The highest BCUT2D eigenvalue weighted by Crippen LogP contribution is 2.23. The lowest BCUT2D eigenvalue weighted by Crippen LogP contribution is -2.31. The molecule has 0 amide bonds. The number of likely N-dealkylation sites (N-methyl/N-ethyl adjacent to an activating group) is 1. The van der Waals surface area contributed by atoms with Crippen LogP contribution in [0.25, 0.3) is 0 Å². The molecule has 2 rings (SSSR count). The van der Waals surface area contributed by atoms with Gasteiger partial charge in [-0.3, -0.25) is 0 Å². The maximum atomic E-state index is 13.5. The molecular weight excluding hydrogens is 295 g/mol. The summed E-state index contributed by atoms with van der Waals surface area (Å²) in [6.45, 7) is 0.948. The third kappa shape index (κ3) is 4.23. The molecule has 1 N–H and O–H groups in total. The number of hydrogen-bond acceptors (Lipinski definition) is 4. The predicted octanol–water partition coefficient (Wildman–Crippen LogP) is 1.34. The Bertz CT molecular complexity index is 588. The third-order valence-electron chi connectivity index (χ3n) is 3.49. The van der Waals surface area contributed by atoms with Crippen LogP contribution < -0.4 is 5.32 Å². The molecule has 118 valence electrons. The van der Waals surface area contributed by atoms with Crippen molar-refractivity contribution in [2.75, 3.05) is 27.3 Å². The van der Waals surface area contributed by atoms with Crippen LogP contribution in [0.5, 0.6) is 0 Å². The standard InChI is InChI=1S/C14H21FN2O3S/c1-17(7-8-20-2)21(18,19)14-9-12(15)4-3-11(14)10-16-13-5-6-13/h3-4,9,13,16H,5-8,10H2,1-2H3. The molecule has 1 aromatic rings. The fraction of sp³-hybridized carbons (Fsp3) is 0.571. The van der Waals surface area contributed by atoms with Gasteiger partial charge in [-0.05, 0) is 30.5 Å². The summed E-state index contributed by atoms with van der Waals surface area (Å²) < 4.78 is 44.6. The van der Waals surface area contributed by atoms with Crippen molar-refractivity contribution < 1.29 is 17.5 Å². The fourth-order valence-corrected chi connectivity index (χ4v) is 3.35. The van der Waals surface area contributed by atoms with Gasteiger partial charge in [0, 0.05) is 33.3 Å². The van der Waals surface area contributed by atoms with Crippen molar-refractivity contribution in [1.29, 1.82) is 0 Å². The molecule has 7 heteroatoms. The van der Waals surface area contributed by atoms with Crippen LogP contribution in [0, 0.1) is 5.82 Å². The summed E-state index contributed by atoms with van der Waals surface area (Å²) in [5.41, 5.74) is 0.590. The SMILES string of the molecule is COCCN(C)S(=O)(=O)c1cc(F)ccc1CNC1CC1. The van der Waals surface area contributed by atoms with Crippen LogP contribution in [0.4, 0.5) is 4.39 Å². The second kappa shape index (κ2) is 6.83. The van der Waals surface area contributed by atoms with E-state index in [1.165, 1.54) is 30.6 Å². The van der Waals surface area contributed by atoms with E-state index in [0.29, 0.717) is 24.8 Å². The summed E-state index contributed by atoms with van der Waals surface area (Å²) in [6, 6.07) is 4.36. The van der Waals surface area contributed by atoms with Gasteiger partial charge in [-0.2, -0.15) is 4.31 Å². The molecule has 0 unspecified atom stereocenters. The Balaban J connectivity index is 2.24. The maximum absolute atomic E-state index is 13.5. The summed E-state index contributed by atoms with van der Waals surface area (Å²) in [5.74, 6) is -0.552. The normalized spacial score (nSPS) is 15.6. The predicted molar refractivity (Wildman–Crippen MR) is 78.0 cm³/mol. The molecule has 5 nitrogen and oxygen atoms in total. The van der Waals surface area contributed by atoms with Gasteiger partial charge in [-0.1, -0.05) is 6.07 Å². The van der Waals surface area contributed by atoms with Crippen molar-refractivity contribution in [3.63, 3.8) is 0 Å². The van der Waals surface area contributed by atoms with Gasteiger partial charge >= 0.3 is 0 Å². The summed E-state index contributed by atoms with van der Waals surface area (Å²) in [4.78, 5) is 0.0225. The molecule has 0 aliphatic heterocycles. The monoisotopic (exact) mass is 316 g/mol. The van der Waals surface area contributed by atoms with E-state index in [0.717, 1.165) is 18.9 Å². The molecule has 21 heavy (non-hydrogen) atoms. The summed E-state index contributed by atoms with van der Waals surface area (Å²) in [6.07, 6.45) is 2.22. The quantitative estimate of drug-likeness (QED) is 0.786. The lowest BCUT2D eigenvalue weighted by molar-refractivity contribution is 0.185. The first kappa shape index (κ1) is 16.4. The van der Waals surface area contributed by atoms with Gasteiger partial charge in [0.25, 0.3) is 0 Å². The molecule has 0 saturated heterocycles. The molecule has 0 radical (unpaired) electrons. The summed E-state index contributed by atoms with van der Waals surface area (Å²) in [5, 5.41) is 3.26. The van der Waals surface area contributed by atoms with E-state index in [2.05, 4.69) is 5.32 Å². The summed E-state index contributed by atoms with van der Waals surface area (Å²) >= 11 is 0. The van der Waals surface area contributed by atoms with Crippen LogP contribution in [0.1, 0.15) is 18.4 Å². The molecular formula is C14H21FN2O3S. The first-order chi connectivity index (χ1) is 9.95. The maximum Gasteiger partial charge on any atom is 0.243 e. The second-order valence-corrected chi connectivity index (χ2v) is 7.24. The summed E-state index contributed by atoms with van der Waals surface area (Å²) in [7, 11) is -0.741. The van der Waals surface area contributed by atoms with Gasteiger partial charge in [0.05, 0.1) is 11.5 Å². The van der Waals surface area contributed by atoms with Crippen LogP contribution in [0.3, 0.4) is 0 Å². The highest BCUT2D eigenvalue weighted by atomic mass is 32.2. The van der Waals surface area contributed by atoms with Gasteiger partial charge in [-0.25, -0.2) is 12.8 Å². The Labute approximate surface area is 125 Å². The van der Waals surface area contributed by atoms with Crippen LogP contribution in [-0.4, -0.2) is 46.1 Å². The number of nitrogens with one attached hydrogen (secondary N) is 1. The Hall–Kier alpha value is -1.02. The van der Waals surface area contributed by atoms with Gasteiger partial charge in [-0.15, -0.1) is 0 Å². The van der Waals surface area contributed by atoms with E-state index in [9.17, 15) is 12.8 Å². The van der Waals surface area contributed by atoms with Crippen LogP contribution >= 0.6 is 0 Å². The molecule has 0 atom stereocenters. The van der Waals surface area contributed by atoms with E-state index < -0.39 is 15.8 Å². The minimum Gasteiger partial charge on any atom is -0.383 e. The first-order valence-corrected chi connectivity index (χ1v) is 8.36. The first-order valence-electron chi connectivity index (χ1n) is 6.92. The largest absolute Gasteiger partial charge is 0.383 e. The minimum absolute atomic E-state index is 0.0225. The lowest BCUT2D eigenvalue weighted by atomic mass is 10.2. The van der Waals surface area contributed by atoms with Gasteiger partial charge in [0.15, 0.2) is 0 Å². The second-order valence-electron chi connectivity index (χ2n) is 5.23. The third-order valence-corrected chi connectivity index (χ3v) is 5.43. The van der Waals surface area contributed by atoms with Crippen molar-refractivity contribution in [3.8, 4) is 0 Å². The highest BCUT2D eigenvalue weighted by molar-refractivity contribution is 7.89. The van der Waals surface area contributed by atoms with Crippen molar-refractivity contribution in [2.24, 2.45) is 0 Å². The Kier molecular flexibility index (Phi) is 5.32. The smallest absolute Gasteiger partial charge is 0.243 e. The van der Waals surface area contributed by atoms with Crippen LogP contribution in [-0.2, 0) is 21.3 Å². The zero-order chi connectivity index (χ0) is 15.5. The Morgan fingerprint density at radius 2 is 2.14 bits per heavy atom.